The van der Waals surface area contributed by atoms with Crippen molar-refractivity contribution in [3.05, 3.63) is 23.8 Å². The molecular formula is C17H28N2O5S. The van der Waals surface area contributed by atoms with Crippen LogP contribution in [0.15, 0.2) is 23.1 Å². The molecule has 3 N–H and O–H groups in total. The first-order valence-electron chi connectivity index (χ1n) is 8.50. The third-order valence-corrected chi connectivity index (χ3v) is 4.90. The minimum atomic E-state index is -3.71. The summed E-state index contributed by atoms with van der Waals surface area (Å²) in [6, 6.07) is 4.08. The number of unbranched alkanes of at least 4 members (excludes halogenated alkanes) is 1. The van der Waals surface area contributed by atoms with E-state index in [1.165, 1.54) is 18.2 Å². The molecule has 142 valence electrons. The summed E-state index contributed by atoms with van der Waals surface area (Å²) >= 11 is 0. The number of nitrogens with one attached hydrogen (secondary N) is 2. The molecule has 0 aliphatic rings. The number of benzene rings is 1. The number of rotatable bonds is 12. The van der Waals surface area contributed by atoms with Crippen LogP contribution in [0.5, 0.6) is 0 Å². The number of carboxylic acids is 1. The molecule has 0 saturated carbocycles. The molecule has 0 spiro atoms. The SMILES string of the molecule is CCCCNS(=O)(=O)c1ccc(NCCCOC(C)C)c(C(=O)O)c1. The highest BCUT2D eigenvalue weighted by molar-refractivity contribution is 7.89. The number of ether oxygens (including phenoxy) is 1. The van der Waals surface area contributed by atoms with Crippen LogP contribution in [0, 0.1) is 0 Å². The van der Waals surface area contributed by atoms with Crippen molar-refractivity contribution in [2.24, 2.45) is 0 Å². The van der Waals surface area contributed by atoms with Crippen LogP contribution in [0.3, 0.4) is 0 Å². The Morgan fingerprint density at radius 3 is 2.56 bits per heavy atom. The van der Waals surface area contributed by atoms with E-state index in [1.807, 2.05) is 20.8 Å². The molecule has 0 saturated heterocycles. The average molecular weight is 372 g/mol. The minimum absolute atomic E-state index is 0.0466. The summed E-state index contributed by atoms with van der Waals surface area (Å²) in [4.78, 5) is 11.4. The molecule has 0 aliphatic carbocycles. The van der Waals surface area contributed by atoms with Gasteiger partial charge in [0.15, 0.2) is 0 Å². The summed E-state index contributed by atoms with van der Waals surface area (Å²) in [5, 5.41) is 12.4. The summed E-state index contributed by atoms with van der Waals surface area (Å²) in [5.41, 5.74) is 0.327. The number of hydrogen-bond donors (Lipinski definition) is 3. The van der Waals surface area contributed by atoms with Gasteiger partial charge in [0.05, 0.1) is 16.6 Å². The lowest BCUT2D eigenvalue weighted by Crippen LogP contribution is -2.25. The molecule has 0 unspecified atom stereocenters. The van der Waals surface area contributed by atoms with Gasteiger partial charge in [-0.1, -0.05) is 13.3 Å². The molecule has 1 rings (SSSR count). The van der Waals surface area contributed by atoms with E-state index in [9.17, 15) is 18.3 Å². The van der Waals surface area contributed by atoms with Crippen LogP contribution in [-0.4, -0.2) is 45.3 Å². The zero-order valence-corrected chi connectivity index (χ0v) is 15.9. The number of carboxylic acid groups (broad SMARTS) is 1. The van der Waals surface area contributed by atoms with Gasteiger partial charge in [0.2, 0.25) is 10.0 Å². The standard InChI is InChI=1S/C17H28N2O5S/c1-4-5-10-19-25(22,23)14-7-8-16(15(12-14)17(20)21)18-9-6-11-24-13(2)3/h7-8,12-13,18-19H,4-6,9-11H2,1-3H3,(H,20,21). The Morgan fingerprint density at radius 2 is 1.96 bits per heavy atom. The predicted molar refractivity (Wildman–Crippen MR) is 97.7 cm³/mol. The number of sulfonamides is 1. The molecule has 0 bridgehead atoms. The fourth-order valence-electron chi connectivity index (χ4n) is 2.10. The molecule has 1 aromatic carbocycles. The first-order valence-corrected chi connectivity index (χ1v) is 9.98. The van der Waals surface area contributed by atoms with E-state index in [0.717, 1.165) is 19.3 Å². The van der Waals surface area contributed by atoms with Gasteiger partial charge in [-0.25, -0.2) is 17.9 Å². The molecule has 7 nitrogen and oxygen atoms in total. The second kappa shape index (κ2) is 10.4. The first-order chi connectivity index (χ1) is 11.8. The summed E-state index contributed by atoms with van der Waals surface area (Å²) < 4.78 is 32.3. The fourth-order valence-corrected chi connectivity index (χ4v) is 3.20. The number of hydrogen-bond acceptors (Lipinski definition) is 5. The number of anilines is 1. The molecule has 25 heavy (non-hydrogen) atoms. The summed E-state index contributed by atoms with van der Waals surface area (Å²) in [6.07, 6.45) is 2.46. The lowest BCUT2D eigenvalue weighted by Gasteiger charge is -2.13. The van der Waals surface area contributed by atoms with Gasteiger partial charge < -0.3 is 15.2 Å². The molecule has 0 radical (unpaired) electrons. The van der Waals surface area contributed by atoms with Crippen LogP contribution in [0.25, 0.3) is 0 Å². The first kappa shape index (κ1) is 21.4. The second-order valence-corrected chi connectivity index (χ2v) is 7.73. The number of aromatic carboxylic acids is 1. The van der Waals surface area contributed by atoms with Crippen LogP contribution >= 0.6 is 0 Å². The van der Waals surface area contributed by atoms with Crippen LogP contribution in [0.2, 0.25) is 0 Å². The molecule has 0 amide bonds. The highest BCUT2D eigenvalue weighted by Gasteiger charge is 2.18. The van der Waals surface area contributed by atoms with E-state index >= 15 is 0 Å². The molecule has 0 heterocycles. The molecule has 0 aliphatic heterocycles. The zero-order chi connectivity index (χ0) is 18.9. The third-order valence-electron chi connectivity index (χ3n) is 3.44. The van der Waals surface area contributed by atoms with E-state index in [2.05, 4.69) is 10.0 Å². The highest BCUT2D eigenvalue weighted by atomic mass is 32.2. The summed E-state index contributed by atoms with van der Waals surface area (Å²) in [5.74, 6) is -1.17. The Hall–Kier alpha value is -1.64. The van der Waals surface area contributed by atoms with Crippen molar-refractivity contribution in [1.29, 1.82) is 0 Å². The van der Waals surface area contributed by atoms with Crippen LogP contribution < -0.4 is 10.0 Å². The van der Waals surface area contributed by atoms with Crippen LogP contribution in [0.1, 0.15) is 50.4 Å². The molecule has 0 atom stereocenters. The minimum Gasteiger partial charge on any atom is -0.478 e. The topological polar surface area (TPSA) is 105 Å². The lowest BCUT2D eigenvalue weighted by molar-refractivity contribution is 0.0697. The summed E-state index contributed by atoms with van der Waals surface area (Å²) in [6.45, 7) is 7.29. The second-order valence-electron chi connectivity index (χ2n) is 5.96. The maximum absolute atomic E-state index is 12.2. The lowest BCUT2D eigenvalue weighted by atomic mass is 10.2. The van der Waals surface area contributed by atoms with Crippen molar-refractivity contribution >= 4 is 21.7 Å². The van der Waals surface area contributed by atoms with E-state index in [4.69, 9.17) is 4.74 Å². The van der Waals surface area contributed by atoms with Gasteiger partial charge >= 0.3 is 5.97 Å². The molecular weight excluding hydrogens is 344 g/mol. The van der Waals surface area contributed by atoms with E-state index in [1.54, 1.807) is 0 Å². The van der Waals surface area contributed by atoms with Crippen molar-refractivity contribution in [1.82, 2.24) is 4.72 Å². The Kier molecular flexibility index (Phi) is 8.88. The molecule has 0 aromatic heterocycles. The smallest absolute Gasteiger partial charge is 0.337 e. The van der Waals surface area contributed by atoms with Crippen molar-refractivity contribution in [2.75, 3.05) is 25.0 Å². The molecule has 8 heteroatoms. The van der Waals surface area contributed by atoms with E-state index < -0.39 is 16.0 Å². The Labute approximate surface area is 149 Å². The maximum atomic E-state index is 12.2. The van der Waals surface area contributed by atoms with Gasteiger partial charge in [0, 0.05) is 25.4 Å². The van der Waals surface area contributed by atoms with Crippen molar-refractivity contribution in [2.45, 2.75) is 51.0 Å². The van der Waals surface area contributed by atoms with Gasteiger partial charge in [-0.05, 0) is 44.9 Å². The number of carbonyl (C=O) groups is 1. The Bertz CT molecular complexity index is 659. The van der Waals surface area contributed by atoms with Gasteiger partial charge in [-0.3, -0.25) is 0 Å². The Balaban J connectivity index is 2.80. The van der Waals surface area contributed by atoms with E-state index in [-0.39, 0.29) is 16.6 Å². The largest absolute Gasteiger partial charge is 0.478 e. The van der Waals surface area contributed by atoms with Crippen molar-refractivity contribution in [3.8, 4) is 0 Å². The van der Waals surface area contributed by atoms with E-state index in [0.29, 0.717) is 25.4 Å². The zero-order valence-electron chi connectivity index (χ0n) is 15.0. The Morgan fingerprint density at radius 1 is 1.24 bits per heavy atom. The normalized spacial score (nSPS) is 11.7. The van der Waals surface area contributed by atoms with Crippen molar-refractivity contribution in [3.63, 3.8) is 0 Å². The van der Waals surface area contributed by atoms with Crippen LogP contribution in [0.4, 0.5) is 5.69 Å². The quantitative estimate of drug-likeness (QED) is 0.487. The average Bonchev–Trinajstić information content (AvgIpc) is 2.54. The van der Waals surface area contributed by atoms with Gasteiger partial charge in [0.25, 0.3) is 0 Å². The van der Waals surface area contributed by atoms with Crippen molar-refractivity contribution < 1.29 is 23.1 Å². The monoisotopic (exact) mass is 372 g/mol. The van der Waals surface area contributed by atoms with Gasteiger partial charge in [0.1, 0.15) is 0 Å². The molecule has 1 aromatic rings. The van der Waals surface area contributed by atoms with Crippen LogP contribution in [-0.2, 0) is 14.8 Å². The molecule has 0 fully saturated rings. The third kappa shape index (κ3) is 7.41. The fraction of sp³-hybridized carbons (Fsp3) is 0.588. The highest BCUT2D eigenvalue weighted by Crippen LogP contribution is 2.21. The van der Waals surface area contributed by atoms with Gasteiger partial charge in [-0.15, -0.1) is 0 Å². The summed E-state index contributed by atoms with van der Waals surface area (Å²) in [7, 11) is -3.71. The predicted octanol–water partition coefficient (Wildman–Crippen LogP) is 2.69. The van der Waals surface area contributed by atoms with Gasteiger partial charge in [-0.2, -0.15) is 0 Å². The maximum Gasteiger partial charge on any atom is 0.337 e.